The standard InChI is InChI=1S/C6H12N/c1-3-5-7-6-4-2/h3-5H2,1-2H3/q+1. The van der Waals surface area contributed by atoms with Crippen molar-refractivity contribution in [2.45, 2.75) is 26.7 Å². The third-order valence-electron chi connectivity index (χ3n) is 0.605. The highest BCUT2D eigenvalue weighted by Gasteiger charge is 1.80. The van der Waals surface area contributed by atoms with Gasteiger partial charge < -0.3 is 0 Å². The van der Waals surface area contributed by atoms with E-state index in [9.17, 15) is 0 Å². The molecule has 0 aliphatic carbocycles. The summed E-state index contributed by atoms with van der Waals surface area (Å²) >= 11 is 0. The Balaban J connectivity index is 2.91. The first-order valence-corrected chi connectivity index (χ1v) is 2.81. The van der Waals surface area contributed by atoms with E-state index in [4.69, 9.17) is 0 Å². The number of rotatable bonds is 1. The first-order chi connectivity index (χ1) is 3.41. The number of nitrogens with zero attached hydrogens (tertiary/aromatic N) is 1. The minimum atomic E-state index is 0.938. The molecule has 0 atom stereocenters. The third-order valence-corrected chi connectivity index (χ3v) is 0.605. The predicted octanol–water partition coefficient (Wildman–Crippen LogP) is 2.14. The molecule has 0 aromatic rings. The van der Waals surface area contributed by atoms with Gasteiger partial charge in [-0.2, -0.15) is 0 Å². The van der Waals surface area contributed by atoms with Crippen molar-refractivity contribution in [1.29, 1.82) is 0 Å². The van der Waals surface area contributed by atoms with Gasteiger partial charge in [0.25, 0.3) is 12.6 Å². The van der Waals surface area contributed by atoms with Gasteiger partial charge in [0.15, 0.2) is 0 Å². The van der Waals surface area contributed by atoms with Gasteiger partial charge in [-0.3, -0.25) is 0 Å². The molecule has 0 aromatic carbocycles. The van der Waals surface area contributed by atoms with Crippen molar-refractivity contribution < 1.29 is 0 Å². The van der Waals surface area contributed by atoms with E-state index in [-0.39, 0.29) is 0 Å². The monoisotopic (exact) mass is 98.1 g/mol. The lowest BCUT2D eigenvalue weighted by molar-refractivity contribution is 1.03. The molecule has 0 amide bonds. The van der Waals surface area contributed by atoms with Gasteiger partial charge >= 0.3 is 0 Å². The topological polar surface area (TPSA) is 4.36 Å². The smallest absolute Gasteiger partial charge is 0.0838 e. The van der Waals surface area contributed by atoms with E-state index in [1.807, 2.05) is 6.92 Å². The van der Waals surface area contributed by atoms with Gasteiger partial charge in [-0.15, -0.1) is 0 Å². The van der Waals surface area contributed by atoms with Gasteiger partial charge in [-0.05, 0) is 6.92 Å². The predicted molar refractivity (Wildman–Crippen MR) is 32.7 cm³/mol. The van der Waals surface area contributed by atoms with Crippen LogP contribution >= 0.6 is 0 Å². The van der Waals surface area contributed by atoms with E-state index < -0.39 is 0 Å². The van der Waals surface area contributed by atoms with Crippen molar-refractivity contribution in [2.75, 3.05) is 6.54 Å². The second kappa shape index (κ2) is 5.49. The molecule has 0 bridgehead atoms. The Morgan fingerprint density at radius 2 is 2.14 bits per heavy atom. The Morgan fingerprint density at radius 3 is 2.57 bits per heavy atom. The van der Waals surface area contributed by atoms with Crippen LogP contribution in [0, 0.1) is 6.07 Å². The highest BCUT2D eigenvalue weighted by Crippen LogP contribution is 1.77. The summed E-state index contributed by atoms with van der Waals surface area (Å²) in [5.41, 5.74) is 0. The molecule has 0 spiro atoms. The van der Waals surface area contributed by atoms with Crippen molar-refractivity contribution in [3.8, 4) is 6.07 Å². The summed E-state index contributed by atoms with van der Waals surface area (Å²) in [6.07, 6.45) is 2.08. The van der Waals surface area contributed by atoms with Crippen molar-refractivity contribution in [3.05, 3.63) is 4.85 Å². The Hall–Kier alpha value is -0.510. The first-order valence-electron chi connectivity index (χ1n) is 2.81. The maximum atomic E-state index is 3.96. The van der Waals surface area contributed by atoms with Crippen LogP contribution < -0.4 is 0 Å². The average molecular weight is 98.2 g/mol. The fourth-order valence-corrected chi connectivity index (χ4v) is 0.303. The molecule has 0 N–H and O–H groups in total. The highest BCUT2D eigenvalue weighted by molar-refractivity contribution is 4.83. The van der Waals surface area contributed by atoms with E-state index in [1.165, 1.54) is 0 Å². The largest absolute Gasteiger partial charge is 0.272 e. The van der Waals surface area contributed by atoms with Crippen LogP contribution in [0.2, 0.25) is 0 Å². The molecule has 40 valence electrons. The summed E-state index contributed by atoms with van der Waals surface area (Å²) in [5, 5.41) is 0. The van der Waals surface area contributed by atoms with Crippen LogP contribution in [0.25, 0.3) is 4.85 Å². The lowest BCUT2D eigenvalue weighted by Crippen LogP contribution is -1.65. The molecule has 0 aromatic heterocycles. The van der Waals surface area contributed by atoms with Crippen LogP contribution in [0.3, 0.4) is 0 Å². The molecule has 0 radical (unpaired) electrons. The normalized spacial score (nSPS) is 7.14. The summed E-state index contributed by atoms with van der Waals surface area (Å²) in [4.78, 5) is 3.96. The van der Waals surface area contributed by atoms with Crippen LogP contribution in [-0.4, -0.2) is 6.54 Å². The number of hydrogen-bond acceptors (Lipinski definition) is 0. The molecular formula is C6H12N+. The van der Waals surface area contributed by atoms with Crippen LogP contribution in [0.1, 0.15) is 26.7 Å². The Morgan fingerprint density at radius 1 is 1.43 bits per heavy atom. The Bertz CT molecular complexity index is 75.9. The molecule has 0 aliphatic heterocycles. The second-order valence-electron chi connectivity index (χ2n) is 1.39. The second-order valence-corrected chi connectivity index (χ2v) is 1.39. The first kappa shape index (κ1) is 6.49. The maximum Gasteiger partial charge on any atom is 0.272 e. The van der Waals surface area contributed by atoms with Crippen molar-refractivity contribution in [3.63, 3.8) is 0 Å². The summed E-state index contributed by atoms with van der Waals surface area (Å²) in [5.74, 6) is 0. The van der Waals surface area contributed by atoms with Gasteiger partial charge in [0.05, 0.1) is 6.42 Å². The van der Waals surface area contributed by atoms with Gasteiger partial charge in [0.2, 0.25) is 0 Å². The van der Waals surface area contributed by atoms with Crippen LogP contribution in [0.15, 0.2) is 0 Å². The Kier molecular flexibility index (Phi) is 5.09. The van der Waals surface area contributed by atoms with Crippen molar-refractivity contribution in [1.82, 2.24) is 0 Å². The molecule has 1 heteroatoms. The highest BCUT2D eigenvalue weighted by atomic mass is 14.6. The van der Waals surface area contributed by atoms with Crippen LogP contribution in [0.4, 0.5) is 0 Å². The molecule has 0 saturated heterocycles. The molecule has 0 heterocycles. The van der Waals surface area contributed by atoms with E-state index in [0.717, 1.165) is 19.4 Å². The summed E-state index contributed by atoms with van der Waals surface area (Å²) in [6, 6.07) is 2.87. The Labute approximate surface area is 45.2 Å². The molecular weight excluding hydrogens is 86.1 g/mol. The molecule has 0 fully saturated rings. The lowest BCUT2D eigenvalue weighted by atomic mass is 10.5. The summed E-state index contributed by atoms with van der Waals surface area (Å²) < 4.78 is 0. The van der Waals surface area contributed by atoms with Gasteiger partial charge in [0, 0.05) is 6.42 Å². The fourth-order valence-electron chi connectivity index (χ4n) is 0.303. The molecule has 0 unspecified atom stereocenters. The zero-order valence-electron chi connectivity index (χ0n) is 5.07. The van der Waals surface area contributed by atoms with Gasteiger partial charge in [-0.1, -0.05) is 11.8 Å². The van der Waals surface area contributed by atoms with Gasteiger partial charge in [0.1, 0.15) is 0 Å². The molecule has 7 heavy (non-hydrogen) atoms. The average Bonchev–Trinajstić information content (AvgIpc) is 1.69. The van der Waals surface area contributed by atoms with E-state index in [0.29, 0.717) is 0 Å². The molecule has 0 saturated carbocycles. The minimum absolute atomic E-state index is 0.938. The molecule has 0 aliphatic rings. The van der Waals surface area contributed by atoms with Crippen LogP contribution in [0.5, 0.6) is 0 Å². The van der Waals surface area contributed by atoms with Crippen LogP contribution in [-0.2, 0) is 0 Å². The van der Waals surface area contributed by atoms with Crippen molar-refractivity contribution >= 4 is 0 Å². The van der Waals surface area contributed by atoms with E-state index >= 15 is 0 Å². The zero-order chi connectivity index (χ0) is 5.54. The summed E-state index contributed by atoms with van der Waals surface area (Å²) in [6.45, 7) is 5.09. The van der Waals surface area contributed by atoms with E-state index in [1.54, 1.807) is 0 Å². The summed E-state index contributed by atoms with van der Waals surface area (Å²) in [7, 11) is 0. The molecule has 0 rings (SSSR count). The SMILES string of the molecule is CCC#[N+]CCC. The number of hydrogen-bond donors (Lipinski definition) is 0. The van der Waals surface area contributed by atoms with E-state index in [2.05, 4.69) is 17.8 Å². The maximum absolute atomic E-state index is 3.96. The zero-order valence-corrected chi connectivity index (χ0v) is 5.07. The minimum Gasteiger partial charge on any atom is -0.0838 e. The quantitative estimate of drug-likeness (QED) is 0.473. The third kappa shape index (κ3) is 5.49. The van der Waals surface area contributed by atoms with Gasteiger partial charge in [-0.25, -0.2) is 0 Å². The molecule has 1 nitrogen and oxygen atoms in total. The fraction of sp³-hybridized carbons (Fsp3) is 0.833. The lowest BCUT2D eigenvalue weighted by Gasteiger charge is -1.61. The van der Waals surface area contributed by atoms with Crippen molar-refractivity contribution in [2.24, 2.45) is 0 Å².